The molecule has 2 aliphatic heterocycles. The number of benzene rings is 2. The smallest absolute Gasteiger partial charge is 0.276 e. The molecule has 2 aromatic rings. The van der Waals surface area contributed by atoms with Crippen LogP contribution in [0.3, 0.4) is 0 Å². The third kappa shape index (κ3) is 4.36. The minimum Gasteiger partial charge on any atom is -0.286 e. The molecule has 0 radical (unpaired) electrons. The van der Waals surface area contributed by atoms with Crippen molar-refractivity contribution >= 4 is 57.4 Å². The van der Waals surface area contributed by atoms with Gasteiger partial charge in [0.15, 0.2) is 5.17 Å². The number of hydrazone groups is 1. The van der Waals surface area contributed by atoms with Crippen LogP contribution in [0.25, 0.3) is 0 Å². The molecular formula is C21H19ClN4O2S. The molecule has 0 bridgehead atoms. The zero-order valence-electron chi connectivity index (χ0n) is 15.6. The van der Waals surface area contributed by atoms with Gasteiger partial charge in [0.05, 0.1) is 16.4 Å². The molecule has 0 N–H and O–H groups in total. The third-order valence-corrected chi connectivity index (χ3v) is 5.96. The Morgan fingerprint density at radius 1 is 1.07 bits per heavy atom. The Balaban J connectivity index is 1.63. The number of amidine groups is 1. The molecule has 6 nitrogen and oxygen atoms in total. The summed E-state index contributed by atoms with van der Waals surface area (Å²) in [5, 5.41) is 6.85. The molecule has 0 aromatic heterocycles. The van der Waals surface area contributed by atoms with Crippen LogP contribution in [0.5, 0.6) is 0 Å². The number of hydrogen-bond donors (Lipinski definition) is 0. The molecule has 1 fully saturated rings. The molecule has 8 heteroatoms. The van der Waals surface area contributed by atoms with Crippen LogP contribution in [0, 0.1) is 0 Å². The summed E-state index contributed by atoms with van der Waals surface area (Å²) in [5.74, 6) is 0.552. The molecule has 0 saturated carbocycles. The van der Waals surface area contributed by atoms with E-state index in [0.29, 0.717) is 40.2 Å². The van der Waals surface area contributed by atoms with Crippen LogP contribution in [0.15, 0.2) is 64.7 Å². The maximum Gasteiger partial charge on any atom is 0.276 e. The van der Waals surface area contributed by atoms with Gasteiger partial charge < -0.3 is 0 Å². The van der Waals surface area contributed by atoms with Gasteiger partial charge in [-0.15, -0.1) is 0 Å². The number of carbonyl (C=O) groups is 2. The van der Waals surface area contributed by atoms with Crippen molar-refractivity contribution in [2.75, 3.05) is 17.3 Å². The fourth-order valence-electron chi connectivity index (χ4n) is 3.12. The number of anilines is 1. The van der Waals surface area contributed by atoms with E-state index in [1.807, 2.05) is 36.4 Å². The molecule has 2 amide bonds. The zero-order valence-corrected chi connectivity index (χ0v) is 17.2. The van der Waals surface area contributed by atoms with Gasteiger partial charge >= 0.3 is 0 Å². The maximum atomic E-state index is 13.3. The summed E-state index contributed by atoms with van der Waals surface area (Å²) in [6, 6.07) is 16.4. The molecule has 4 rings (SSSR count). The zero-order chi connectivity index (χ0) is 20.2. The predicted molar refractivity (Wildman–Crippen MR) is 118 cm³/mol. The molecule has 1 saturated heterocycles. The lowest BCUT2D eigenvalue weighted by Gasteiger charge is -2.30. The first-order valence-corrected chi connectivity index (χ1v) is 10.7. The van der Waals surface area contributed by atoms with Gasteiger partial charge in [-0.1, -0.05) is 53.7 Å². The number of thioether (sulfide) groups is 1. The SMILES string of the molecule is O=C(C1=NN(c2ccccc2)C(=O)CC1)N1CCCSC1=Nc1ccccc1Cl. The summed E-state index contributed by atoms with van der Waals surface area (Å²) in [7, 11) is 0. The number of amides is 2. The fourth-order valence-corrected chi connectivity index (χ4v) is 4.25. The summed E-state index contributed by atoms with van der Waals surface area (Å²) in [6.07, 6.45) is 1.44. The molecule has 0 spiro atoms. The van der Waals surface area contributed by atoms with E-state index in [2.05, 4.69) is 10.1 Å². The standard InChI is InChI=1S/C21H19ClN4O2S/c22-16-9-4-5-10-17(16)23-21-25(13-6-14-29-21)20(28)18-11-12-19(27)26(24-18)15-7-2-1-3-8-15/h1-5,7-10H,6,11-14H2. The summed E-state index contributed by atoms with van der Waals surface area (Å²) < 4.78 is 0. The highest BCUT2D eigenvalue weighted by Gasteiger charge is 2.31. The Morgan fingerprint density at radius 2 is 1.83 bits per heavy atom. The summed E-state index contributed by atoms with van der Waals surface area (Å²) in [4.78, 5) is 31.9. The van der Waals surface area contributed by atoms with Gasteiger partial charge in [0.2, 0.25) is 5.91 Å². The largest absolute Gasteiger partial charge is 0.286 e. The molecule has 2 aromatic carbocycles. The number of carbonyl (C=O) groups excluding carboxylic acids is 2. The van der Waals surface area contributed by atoms with Gasteiger partial charge in [-0.25, -0.2) is 10.0 Å². The van der Waals surface area contributed by atoms with Crippen molar-refractivity contribution in [1.82, 2.24) is 4.90 Å². The lowest BCUT2D eigenvalue weighted by Crippen LogP contribution is -2.45. The minimum absolute atomic E-state index is 0.120. The highest BCUT2D eigenvalue weighted by molar-refractivity contribution is 8.13. The molecular weight excluding hydrogens is 408 g/mol. The van der Waals surface area contributed by atoms with Crippen LogP contribution in [0.2, 0.25) is 5.02 Å². The van der Waals surface area contributed by atoms with Crippen molar-refractivity contribution in [1.29, 1.82) is 0 Å². The number of aliphatic imine (C=N–C) groups is 1. The van der Waals surface area contributed by atoms with Gasteiger partial charge in [-0.2, -0.15) is 5.10 Å². The van der Waals surface area contributed by atoms with Crippen LogP contribution in [-0.4, -0.2) is 39.9 Å². The normalized spacial score (nSPS) is 18.7. The number of nitrogens with zero attached hydrogens (tertiary/aromatic N) is 4. The minimum atomic E-state index is -0.212. The van der Waals surface area contributed by atoms with Crippen molar-refractivity contribution in [3.63, 3.8) is 0 Å². The molecule has 148 valence electrons. The Labute approximate surface area is 178 Å². The summed E-state index contributed by atoms with van der Waals surface area (Å²) in [6.45, 7) is 0.563. The first kappa shape index (κ1) is 19.7. The fraction of sp³-hybridized carbons (Fsp3) is 0.238. The molecule has 0 aliphatic carbocycles. The van der Waals surface area contributed by atoms with E-state index >= 15 is 0 Å². The number of para-hydroxylation sites is 2. The number of hydrogen-bond acceptors (Lipinski definition) is 5. The molecule has 0 atom stereocenters. The van der Waals surface area contributed by atoms with E-state index in [1.165, 1.54) is 16.8 Å². The highest BCUT2D eigenvalue weighted by Crippen LogP contribution is 2.29. The van der Waals surface area contributed by atoms with Crippen LogP contribution in [0.4, 0.5) is 11.4 Å². The second-order valence-corrected chi connectivity index (χ2v) is 8.06. The van der Waals surface area contributed by atoms with Crippen molar-refractivity contribution in [2.45, 2.75) is 19.3 Å². The maximum absolute atomic E-state index is 13.3. The van der Waals surface area contributed by atoms with E-state index in [4.69, 9.17) is 11.6 Å². The van der Waals surface area contributed by atoms with Gasteiger partial charge in [0.25, 0.3) is 5.91 Å². The van der Waals surface area contributed by atoms with Crippen molar-refractivity contribution < 1.29 is 9.59 Å². The average Bonchev–Trinajstić information content (AvgIpc) is 2.76. The summed E-state index contributed by atoms with van der Waals surface area (Å²) >= 11 is 7.76. The average molecular weight is 427 g/mol. The Morgan fingerprint density at radius 3 is 2.62 bits per heavy atom. The molecule has 29 heavy (non-hydrogen) atoms. The van der Waals surface area contributed by atoms with Gasteiger partial charge in [-0.05, 0) is 30.7 Å². The van der Waals surface area contributed by atoms with Gasteiger partial charge in [-0.3, -0.25) is 14.5 Å². The van der Waals surface area contributed by atoms with Crippen LogP contribution in [-0.2, 0) is 9.59 Å². The molecule has 2 heterocycles. The monoisotopic (exact) mass is 426 g/mol. The van der Waals surface area contributed by atoms with E-state index in [-0.39, 0.29) is 18.2 Å². The van der Waals surface area contributed by atoms with Gasteiger partial charge in [0, 0.05) is 25.1 Å². The Bertz CT molecular complexity index is 993. The summed E-state index contributed by atoms with van der Waals surface area (Å²) in [5.41, 5.74) is 1.64. The topological polar surface area (TPSA) is 65.3 Å². The molecule has 2 aliphatic rings. The lowest BCUT2D eigenvalue weighted by atomic mass is 10.1. The predicted octanol–water partition coefficient (Wildman–Crippen LogP) is 4.48. The third-order valence-electron chi connectivity index (χ3n) is 4.58. The van der Waals surface area contributed by atoms with Crippen LogP contribution in [0.1, 0.15) is 19.3 Å². The molecule has 0 unspecified atom stereocenters. The Kier molecular flexibility index (Phi) is 5.97. The van der Waals surface area contributed by atoms with Crippen LogP contribution < -0.4 is 5.01 Å². The second kappa shape index (κ2) is 8.80. The van der Waals surface area contributed by atoms with E-state index < -0.39 is 0 Å². The van der Waals surface area contributed by atoms with Gasteiger partial charge in [0.1, 0.15) is 5.71 Å². The lowest BCUT2D eigenvalue weighted by molar-refractivity contribution is -0.121. The van der Waals surface area contributed by atoms with Crippen molar-refractivity contribution in [3.8, 4) is 0 Å². The number of halogens is 1. The second-order valence-electron chi connectivity index (χ2n) is 6.59. The van der Waals surface area contributed by atoms with Crippen LogP contribution >= 0.6 is 23.4 Å². The first-order chi connectivity index (χ1) is 14.1. The first-order valence-electron chi connectivity index (χ1n) is 9.37. The van der Waals surface area contributed by atoms with Crippen molar-refractivity contribution in [2.24, 2.45) is 10.1 Å². The quantitative estimate of drug-likeness (QED) is 0.726. The van der Waals surface area contributed by atoms with Crippen molar-refractivity contribution in [3.05, 3.63) is 59.6 Å². The Hall–Kier alpha value is -2.64. The van der Waals surface area contributed by atoms with E-state index in [9.17, 15) is 9.59 Å². The van der Waals surface area contributed by atoms with E-state index in [0.717, 1.165) is 12.2 Å². The number of rotatable bonds is 3. The van der Waals surface area contributed by atoms with E-state index in [1.54, 1.807) is 23.1 Å². The highest BCUT2D eigenvalue weighted by atomic mass is 35.5.